The third-order valence-electron chi connectivity index (χ3n) is 5.16. The summed E-state index contributed by atoms with van der Waals surface area (Å²) in [5.41, 5.74) is 1.32. The van der Waals surface area contributed by atoms with Gasteiger partial charge in [0, 0.05) is 21.4 Å². The molecule has 0 bridgehead atoms. The molecule has 0 atom stereocenters. The van der Waals surface area contributed by atoms with Crippen LogP contribution in [0.1, 0.15) is 22.3 Å². The number of ether oxygens (including phenoxy) is 1. The largest absolute Gasteiger partial charge is 0.482 e. The Kier molecular flexibility index (Phi) is 9.36. The minimum atomic E-state index is -4.59. The first-order valence-corrected chi connectivity index (χ1v) is 12.6. The number of halogens is 5. The van der Waals surface area contributed by atoms with Crippen LogP contribution in [-0.2, 0) is 15.8 Å². The molecule has 0 aliphatic rings. The van der Waals surface area contributed by atoms with Crippen molar-refractivity contribution < 1.29 is 27.5 Å². The number of hydrogen-bond acceptors (Lipinski definition) is 4. The van der Waals surface area contributed by atoms with E-state index < -0.39 is 29.1 Å². The van der Waals surface area contributed by atoms with Gasteiger partial charge < -0.3 is 15.4 Å². The van der Waals surface area contributed by atoms with Crippen LogP contribution in [0.3, 0.4) is 0 Å². The maximum atomic E-state index is 13.0. The lowest BCUT2D eigenvalue weighted by atomic mass is 10.1. The SMILES string of the molecule is Cc1ccc(C)c(NC(=O)COc2c(Br)cc(Br)cc2/C=C(\C#N)C(=O)Nc2cccc(C(F)(F)F)c2)c1. The van der Waals surface area contributed by atoms with Gasteiger partial charge in [-0.1, -0.05) is 34.1 Å². The molecule has 3 aromatic rings. The molecule has 0 fully saturated rings. The van der Waals surface area contributed by atoms with E-state index >= 15 is 0 Å². The Hall–Kier alpha value is -3.62. The molecule has 2 amide bonds. The molecule has 0 spiro atoms. The smallest absolute Gasteiger partial charge is 0.416 e. The van der Waals surface area contributed by atoms with Crippen molar-refractivity contribution in [3.05, 3.63) is 91.4 Å². The molecule has 38 heavy (non-hydrogen) atoms. The van der Waals surface area contributed by atoms with Crippen molar-refractivity contribution in [3.63, 3.8) is 0 Å². The molecular formula is C27H20Br2F3N3O3. The third-order valence-corrected chi connectivity index (χ3v) is 6.21. The van der Waals surface area contributed by atoms with E-state index in [0.717, 1.165) is 29.3 Å². The molecular weight excluding hydrogens is 631 g/mol. The van der Waals surface area contributed by atoms with Gasteiger partial charge in [0.1, 0.15) is 17.4 Å². The normalized spacial score (nSPS) is 11.5. The van der Waals surface area contributed by atoms with Gasteiger partial charge in [0.25, 0.3) is 11.8 Å². The van der Waals surface area contributed by atoms with Crippen molar-refractivity contribution >= 4 is 61.1 Å². The highest BCUT2D eigenvalue weighted by Crippen LogP contribution is 2.35. The van der Waals surface area contributed by atoms with Crippen LogP contribution in [0.25, 0.3) is 6.08 Å². The van der Waals surface area contributed by atoms with E-state index in [1.165, 1.54) is 12.1 Å². The highest BCUT2D eigenvalue weighted by atomic mass is 79.9. The number of alkyl halides is 3. The van der Waals surface area contributed by atoms with Crippen LogP contribution in [0.5, 0.6) is 5.75 Å². The monoisotopic (exact) mass is 649 g/mol. The lowest BCUT2D eigenvalue weighted by molar-refractivity contribution is -0.137. The molecule has 0 aliphatic heterocycles. The van der Waals surface area contributed by atoms with Crippen LogP contribution in [0.4, 0.5) is 24.5 Å². The fourth-order valence-corrected chi connectivity index (χ4v) is 4.68. The first-order chi connectivity index (χ1) is 17.9. The van der Waals surface area contributed by atoms with Crippen molar-refractivity contribution in [3.8, 4) is 11.8 Å². The highest BCUT2D eigenvalue weighted by molar-refractivity contribution is 9.11. The van der Waals surface area contributed by atoms with E-state index in [-0.39, 0.29) is 23.6 Å². The standard InChI is InChI=1S/C27H20Br2F3N3O3/c1-15-6-7-16(2)23(8-15)35-24(36)14-38-25-17(10-20(28)12-22(25)29)9-18(13-33)26(37)34-21-5-3-4-19(11-21)27(30,31)32/h3-12H,14H2,1-2H3,(H,34,37)(H,35,36)/b18-9+. The second kappa shape index (κ2) is 12.3. The van der Waals surface area contributed by atoms with Gasteiger partial charge in [-0.25, -0.2) is 0 Å². The van der Waals surface area contributed by atoms with Crippen molar-refractivity contribution in [2.24, 2.45) is 0 Å². The Morgan fingerprint density at radius 1 is 1.05 bits per heavy atom. The Morgan fingerprint density at radius 2 is 1.79 bits per heavy atom. The molecule has 0 heterocycles. The zero-order valence-corrected chi connectivity index (χ0v) is 23.2. The number of nitrogens with one attached hydrogen (secondary N) is 2. The zero-order chi connectivity index (χ0) is 28.0. The van der Waals surface area contributed by atoms with Crippen LogP contribution in [0, 0.1) is 25.2 Å². The van der Waals surface area contributed by atoms with Gasteiger partial charge in [-0.05, 0) is 83.4 Å². The van der Waals surface area contributed by atoms with E-state index in [9.17, 15) is 28.0 Å². The Labute approximate surface area is 233 Å². The second-order valence-electron chi connectivity index (χ2n) is 8.16. The molecule has 11 heteroatoms. The number of anilines is 2. The van der Waals surface area contributed by atoms with Gasteiger partial charge in [0.15, 0.2) is 6.61 Å². The van der Waals surface area contributed by atoms with Gasteiger partial charge >= 0.3 is 6.18 Å². The van der Waals surface area contributed by atoms with Crippen LogP contribution < -0.4 is 15.4 Å². The topological polar surface area (TPSA) is 91.2 Å². The minimum Gasteiger partial charge on any atom is -0.482 e. The van der Waals surface area contributed by atoms with Crippen molar-refractivity contribution in [2.45, 2.75) is 20.0 Å². The van der Waals surface area contributed by atoms with E-state index in [1.807, 2.05) is 32.0 Å². The number of nitriles is 1. The van der Waals surface area contributed by atoms with Crippen LogP contribution in [0.15, 0.2) is 69.1 Å². The first kappa shape index (κ1) is 28.9. The number of aryl methyl sites for hydroxylation is 2. The summed E-state index contributed by atoms with van der Waals surface area (Å²) in [5, 5.41) is 14.7. The minimum absolute atomic E-state index is 0.124. The van der Waals surface area contributed by atoms with Crippen molar-refractivity contribution in [1.82, 2.24) is 0 Å². The second-order valence-corrected chi connectivity index (χ2v) is 9.93. The number of amides is 2. The average Bonchev–Trinajstić information content (AvgIpc) is 2.83. The quantitative estimate of drug-likeness (QED) is 0.206. The number of benzene rings is 3. The Balaban J connectivity index is 1.82. The van der Waals surface area contributed by atoms with Gasteiger partial charge in [-0.2, -0.15) is 18.4 Å². The number of carbonyl (C=O) groups excluding carboxylic acids is 2. The highest BCUT2D eigenvalue weighted by Gasteiger charge is 2.30. The summed E-state index contributed by atoms with van der Waals surface area (Å²) < 4.78 is 45.7. The van der Waals surface area contributed by atoms with Crippen LogP contribution in [0.2, 0.25) is 0 Å². The summed E-state index contributed by atoms with van der Waals surface area (Å²) in [6.07, 6.45) is -3.37. The maximum Gasteiger partial charge on any atom is 0.416 e. The Morgan fingerprint density at radius 3 is 2.47 bits per heavy atom. The lowest BCUT2D eigenvalue weighted by Crippen LogP contribution is -2.21. The summed E-state index contributed by atoms with van der Waals surface area (Å²) >= 11 is 6.69. The summed E-state index contributed by atoms with van der Waals surface area (Å²) in [7, 11) is 0. The van der Waals surface area contributed by atoms with E-state index in [1.54, 1.807) is 18.2 Å². The summed E-state index contributed by atoms with van der Waals surface area (Å²) in [4.78, 5) is 25.3. The molecule has 0 aromatic heterocycles. The van der Waals surface area contributed by atoms with Crippen LogP contribution >= 0.6 is 31.9 Å². The van der Waals surface area contributed by atoms with E-state index in [2.05, 4.69) is 42.5 Å². The number of carbonyl (C=O) groups is 2. The molecule has 0 aliphatic carbocycles. The van der Waals surface area contributed by atoms with Crippen molar-refractivity contribution in [1.29, 1.82) is 5.26 Å². The molecule has 2 N–H and O–H groups in total. The first-order valence-electron chi connectivity index (χ1n) is 11.0. The number of hydrogen-bond donors (Lipinski definition) is 2. The summed E-state index contributed by atoms with van der Waals surface area (Å²) in [6.45, 7) is 3.39. The van der Waals surface area contributed by atoms with Gasteiger partial charge in [0.05, 0.1) is 10.0 Å². The molecule has 0 saturated heterocycles. The predicted molar refractivity (Wildman–Crippen MR) is 146 cm³/mol. The van der Waals surface area contributed by atoms with E-state index in [0.29, 0.717) is 14.6 Å². The maximum absolute atomic E-state index is 13.0. The van der Waals surface area contributed by atoms with Gasteiger partial charge in [-0.3, -0.25) is 9.59 Å². The third kappa shape index (κ3) is 7.69. The summed E-state index contributed by atoms with van der Waals surface area (Å²) in [5.74, 6) is -1.16. The number of rotatable bonds is 7. The molecule has 3 rings (SSSR count). The van der Waals surface area contributed by atoms with Crippen molar-refractivity contribution in [2.75, 3.05) is 17.2 Å². The van der Waals surface area contributed by atoms with Crippen LogP contribution in [-0.4, -0.2) is 18.4 Å². The molecule has 0 saturated carbocycles. The molecule has 196 valence electrons. The number of nitrogens with zero attached hydrogens (tertiary/aromatic N) is 1. The van der Waals surface area contributed by atoms with Gasteiger partial charge in [-0.15, -0.1) is 0 Å². The predicted octanol–water partition coefficient (Wildman–Crippen LogP) is 7.41. The van der Waals surface area contributed by atoms with E-state index in [4.69, 9.17) is 4.74 Å². The Bertz CT molecular complexity index is 1460. The fraction of sp³-hybridized carbons (Fsp3) is 0.148. The zero-order valence-electron chi connectivity index (χ0n) is 20.0. The summed E-state index contributed by atoms with van der Waals surface area (Å²) in [6, 6.07) is 14.7. The fourth-order valence-electron chi connectivity index (χ4n) is 3.31. The molecule has 6 nitrogen and oxygen atoms in total. The molecule has 3 aromatic carbocycles. The van der Waals surface area contributed by atoms with Gasteiger partial charge in [0.2, 0.25) is 0 Å². The molecule has 0 radical (unpaired) electrons. The molecule has 0 unspecified atom stereocenters. The average molecular weight is 651 g/mol. The lowest BCUT2D eigenvalue weighted by Gasteiger charge is -2.14.